The van der Waals surface area contributed by atoms with Crippen molar-refractivity contribution in [2.24, 2.45) is 5.92 Å². The van der Waals surface area contributed by atoms with Gasteiger partial charge in [0.05, 0.1) is 12.3 Å². The van der Waals surface area contributed by atoms with Crippen molar-refractivity contribution in [3.8, 4) is 5.75 Å². The average Bonchev–Trinajstić information content (AvgIpc) is 2.71. The van der Waals surface area contributed by atoms with Crippen molar-refractivity contribution in [3.05, 3.63) is 59.7 Å². The van der Waals surface area contributed by atoms with Crippen LogP contribution in [0.3, 0.4) is 0 Å². The Morgan fingerprint density at radius 1 is 1.11 bits per heavy atom. The van der Waals surface area contributed by atoms with E-state index in [1.165, 1.54) is 6.07 Å². The van der Waals surface area contributed by atoms with E-state index in [2.05, 4.69) is 5.32 Å². The van der Waals surface area contributed by atoms with E-state index in [9.17, 15) is 18.4 Å². The molecule has 3 rings (SSSR count). The Balaban J connectivity index is 1.58. The zero-order chi connectivity index (χ0) is 20.1. The normalized spacial score (nSPS) is 14.6. The van der Waals surface area contributed by atoms with Crippen LogP contribution in [-0.2, 0) is 4.79 Å². The first-order valence-corrected chi connectivity index (χ1v) is 9.26. The number of halogens is 2. The summed E-state index contributed by atoms with van der Waals surface area (Å²) >= 11 is 0. The number of likely N-dealkylation sites (tertiary alicyclic amines) is 1. The minimum Gasteiger partial charge on any atom is -0.492 e. The first-order chi connectivity index (χ1) is 13.5. The van der Waals surface area contributed by atoms with Crippen LogP contribution < -0.4 is 10.1 Å². The number of carbonyl (C=O) groups excluding carboxylic acids is 2. The summed E-state index contributed by atoms with van der Waals surface area (Å²) in [5, 5.41) is 2.90. The summed E-state index contributed by atoms with van der Waals surface area (Å²) in [4.78, 5) is 26.6. The first kappa shape index (κ1) is 19.8. The molecule has 1 aliphatic heterocycles. The van der Waals surface area contributed by atoms with E-state index < -0.39 is 11.6 Å². The molecule has 1 aliphatic rings. The van der Waals surface area contributed by atoms with Crippen molar-refractivity contribution in [2.75, 3.05) is 25.0 Å². The van der Waals surface area contributed by atoms with Crippen LogP contribution in [0.25, 0.3) is 0 Å². The molecule has 2 aromatic rings. The van der Waals surface area contributed by atoms with Gasteiger partial charge in [-0.15, -0.1) is 0 Å². The molecule has 0 radical (unpaired) electrons. The van der Waals surface area contributed by atoms with Gasteiger partial charge < -0.3 is 15.0 Å². The number of hydrogen-bond acceptors (Lipinski definition) is 3. The summed E-state index contributed by atoms with van der Waals surface area (Å²) in [5.41, 5.74) is 0.724. The highest BCUT2D eigenvalue weighted by Gasteiger charge is 2.28. The molecule has 1 fully saturated rings. The molecule has 1 heterocycles. The van der Waals surface area contributed by atoms with E-state index >= 15 is 0 Å². The fraction of sp³-hybridized carbons (Fsp3) is 0.333. The topological polar surface area (TPSA) is 58.6 Å². The lowest BCUT2D eigenvalue weighted by atomic mass is 9.95. The van der Waals surface area contributed by atoms with Crippen molar-refractivity contribution in [1.82, 2.24) is 4.90 Å². The second kappa shape index (κ2) is 8.82. The quantitative estimate of drug-likeness (QED) is 0.846. The van der Waals surface area contributed by atoms with Gasteiger partial charge in [-0.05, 0) is 50.1 Å². The van der Waals surface area contributed by atoms with Crippen LogP contribution in [0.15, 0.2) is 42.5 Å². The number of piperidine rings is 1. The fourth-order valence-electron chi connectivity index (χ4n) is 3.24. The van der Waals surface area contributed by atoms with Crippen LogP contribution in [0.1, 0.15) is 30.1 Å². The molecule has 0 atom stereocenters. The fourth-order valence-corrected chi connectivity index (χ4v) is 3.24. The molecule has 0 aliphatic carbocycles. The van der Waals surface area contributed by atoms with Gasteiger partial charge in [0, 0.05) is 24.6 Å². The molecule has 0 bridgehead atoms. The summed E-state index contributed by atoms with van der Waals surface area (Å²) in [6.07, 6.45) is 0.996. The van der Waals surface area contributed by atoms with Gasteiger partial charge in [-0.1, -0.05) is 12.1 Å². The highest BCUT2D eigenvalue weighted by molar-refractivity contribution is 5.96. The molecule has 1 N–H and O–H groups in total. The van der Waals surface area contributed by atoms with Crippen molar-refractivity contribution in [3.63, 3.8) is 0 Å². The van der Waals surface area contributed by atoms with Gasteiger partial charge >= 0.3 is 0 Å². The lowest BCUT2D eigenvalue weighted by Crippen LogP contribution is -2.41. The van der Waals surface area contributed by atoms with E-state index in [0.29, 0.717) is 44.0 Å². The number of ether oxygens (including phenoxy) is 1. The van der Waals surface area contributed by atoms with Crippen LogP contribution in [0, 0.1) is 17.6 Å². The Hall–Kier alpha value is -2.96. The number of amides is 2. The third-order valence-electron chi connectivity index (χ3n) is 4.76. The molecule has 0 unspecified atom stereocenters. The molecular formula is C21H22F2N2O3. The molecule has 0 saturated carbocycles. The molecule has 0 spiro atoms. The maximum absolute atomic E-state index is 13.4. The van der Waals surface area contributed by atoms with Crippen molar-refractivity contribution >= 4 is 17.5 Å². The van der Waals surface area contributed by atoms with Gasteiger partial charge in [0.25, 0.3) is 5.91 Å². The first-order valence-electron chi connectivity index (χ1n) is 9.26. The van der Waals surface area contributed by atoms with Gasteiger partial charge in [-0.25, -0.2) is 8.78 Å². The SMILES string of the molecule is CCOc1ccccc1NC(=O)C1CCN(C(=O)c2ccc(F)c(F)c2)CC1. The summed E-state index contributed by atoms with van der Waals surface area (Å²) in [7, 11) is 0. The zero-order valence-corrected chi connectivity index (χ0v) is 15.6. The number of carbonyl (C=O) groups is 2. The number of nitrogens with one attached hydrogen (secondary N) is 1. The maximum atomic E-state index is 13.4. The number of benzene rings is 2. The average molecular weight is 388 g/mol. The smallest absolute Gasteiger partial charge is 0.253 e. The molecule has 2 aromatic carbocycles. The third kappa shape index (κ3) is 4.47. The number of anilines is 1. The summed E-state index contributed by atoms with van der Waals surface area (Å²) in [6, 6.07) is 10.3. The van der Waals surface area contributed by atoms with Crippen LogP contribution in [0.4, 0.5) is 14.5 Å². The number of para-hydroxylation sites is 2. The van der Waals surface area contributed by atoms with Crippen molar-refractivity contribution in [1.29, 1.82) is 0 Å². The Bertz CT molecular complexity index is 864. The Morgan fingerprint density at radius 2 is 1.82 bits per heavy atom. The summed E-state index contributed by atoms with van der Waals surface area (Å²) in [6.45, 7) is 3.13. The van der Waals surface area contributed by atoms with Crippen LogP contribution in [0.2, 0.25) is 0 Å². The largest absolute Gasteiger partial charge is 0.492 e. The van der Waals surface area contributed by atoms with E-state index in [1.807, 2.05) is 19.1 Å². The maximum Gasteiger partial charge on any atom is 0.253 e. The van der Waals surface area contributed by atoms with Crippen LogP contribution in [-0.4, -0.2) is 36.4 Å². The van der Waals surface area contributed by atoms with E-state index in [4.69, 9.17) is 4.74 Å². The van der Waals surface area contributed by atoms with Gasteiger partial charge in [0.15, 0.2) is 11.6 Å². The second-order valence-corrected chi connectivity index (χ2v) is 6.61. The molecule has 148 valence electrons. The third-order valence-corrected chi connectivity index (χ3v) is 4.76. The van der Waals surface area contributed by atoms with Crippen LogP contribution in [0.5, 0.6) is 5.75 Å². The number of nitrogens with zero attached hydrogens (tertiary/aromatic N) is 1. The van der Waals surface area contributed by atoms with Gasteiger partial charge in [-0.2, -0.15) is 0 Å². The van der Waals surface area contributed by atoms with Gasteiger partial charge in [0.1, 0.15) is 5.75 Å². The lowest BCUT2D eigenvalue weighted by molar-refractivity contribution is -0.121. The Labute approximate surface area is 162 Å². The molecular weight excluding hydrogens is 366 g/mol. The lowest BCUT2D eigenvalue weighted by Gasteiger charge is -2.31. The highest BCUT2D eigenvalue weighted by Crippen LogP contribution is 2.26. The molecule has 28 heavy (non-hydrogen) atoms. The summed E-state index contributed by atoms with van der Waals surface area (Å²) < 4.78 is 31.9. The monoisotopic (exact) mass is 388 g/mol. The van der Waals surface area contributed by atoms with Gasteiger partial charge in [0.2, 0.25) is 5.91 Å². The standard InChI is InChI=1S/C21H22F2N2O3/c1-2-28-19-6-4-3-5-18(19)24-20(26)14-9-11-25(12-10-14)21(27)15-7-8-16(22)17(23)13-15/h3-8,13-14H,2,9-12H2,1H3,(H,24,26). The Kier molecular flexibility index (Phi) is 6.23. The molecule has 1 saturated heterocycles. The van der Waals surface area contributed by atoms with Crippen molar-refractivity contribution < 1.29 is 23.1 Å². The minimum absolute atomic E-state index is 0.104. The second-order valence-electron chi connectivity index (χ2n) is 6.61. The number of hydrogen-bond donors (Lipinski definition) is 1. The minimum atomic E-state index is -1.05. The molecule has 5 nitrogen and oxygen atoms in total. The van der Waals surface area contributed by atoms with E-state index in [0.717, 1.165) is 12.1 Å². The van der Waals surface area contributed by atoms with Gasteiger partial charge in [-0.3, -0.25) is 9.59 Å². The van der Waals surface area contributed by atoms with Crippen molar-refractivity contribution in [2.45, 2.75) is 19.8 Å². The van der Waals surface area contributed by atoms with E-state index in [-0.39, 0.29) is 23.3 Å². The summed E-state index contributed by atoms with van der Waals surface area (Å²) in [5.74, 6) is -2.13. The highest BCUT2D eigenvalue weighted by atomic mass is 19.2. The molecule has 7 heteroatoms. The van der Waals surface area contributed by atoms with Crippen LogP contribution >= 0.6 is 0 Å². The predicted molar refractivity (Wildman–Crippen MR) is 101 cm³/mol. The van der Waals surface area contributed by atoms with E-state index in [1.54, 1.807) is 17.0 Å². The molecule has 2 amide bonds. The Morgan fingerprint density at radius 3 is 2.50 bits per heavy atom. The predicted octanol–water partition coefficient (Wildman–Crippen LogP) is 3.85. The zero-order valence-electron chi connectivity index (χ0n) is 15.6. The molecule has 0 aromatic heterocycles. The number of rotatable bonds is 5.